The summed E-state index contributed by atoms with van der Waals surface area (Å²) in [5.74, 6) is 1.21. The molecule has 126 valence electrons. The molecule has 1 unspecified atom stereocenters. The van der Waals surface area contributed by atoms with Crippen molar-refractivity contribution in [2.24, 2.45) is 12.8 Å². The third-order valence-corrected chi connectivity index (χ3v) is 4.91. The quantitative estimate of drug-likeness (QED) is 0.740. The predicted octanol–water partition coefficient (Wildman–Crippen LogP) is 4.17. The topological polar surface area (TPSA) is 40.2 Å². The van der Waals surface area contributed by atoms with Crippen molar-refractivity contribution in [2.75, 3.05) is 13.2 Å². The number of nitrogens with two attached hydrogens (primary N) is 1. The van der Waals surface area contributed by atoms with E-state index in [2.05, 4.69) is 61.0 Å². The number of fused-ring (bicyclic) bond motifs is 1. The molecule has 0 aliphatic rings. The molecule has 1 heterocycles. The summed E-state index contributed by atoms with van der Waals surface area (Å²) in [6.45, 7) is 5.50. The summed E-state index contributed by atoms with van der Waals surface area (Å²) < 4.78 is 7.92. The maximum Gasteiger partial charge on any atom is 0.119 e. The minimum absolute atomic E-state index is 0.287. The van der Waals surface area contributed by atoms with Crippen molar-refractivity contribution < 1.29 is 4.74 Å². The van der Waals surface area contributed by atoms with Crippen LogP contribution in [0.25, 0.3) is 10.9 Å². The van der Waals surface area contributed by atoms with Crippen molar-refractivity contribution in [3.8, 4) is 5.75 Å². The van der Waals surface area contributed by atoms with Crippen LogP contribution in [0.15, 0.2) is 48.5 Å². The molecule has 3 nitrogen and oxygen atoms in total. The van der Waals surface area contributed by atoms with E-state index >= 15 is 0 Å². The van der Waals surface area contributed by atoms with Crippen molar-refractivity contribution in [1.29, 1.82) is 0 Å². The molecular weight excluding hydrogens is 296 g/mol. The summed E-state index contributed by atoms with van der Waals surface area (Å²) in [7, 11) is 2.13. The van der Waals surface area contributed by atoms with Gasteiger partial charge in [-0.2, -0.15) is 0 Å². The second kappa shape index (κ2) is 7.10. The molecule has 1 aromatic heterocycles. The fourth-order valence-corrected chi connectivity index (χ4v) is 3.47. The van der Waals surface area contributed by atoms with Crippen LogP contribution in [-0.4, -0.2) is 17.7 Å². The van der Waals surface area contributed by atoms with E-state index in [0.29, 0.717) is 13.2 Å². The maximum atomic E-state index is 6.13. The van der Waals surface area contributed by atoms with Crippen LogP contribution in [0.5, 0.6) is 5.75 Å². The van der Waals surface area contributed by atoms with Gasteiger partial charge in [-0.1, -0.05) is 30.3 Å². The number of para-hydroxylation sites is 1. The molecule has 0 saturated carbocycles. The third-order valence-electron chi connectivity index (χ3n) is 4.91. The second-order valence-corrected chi connectivity index (χ2v) is 6.28. The van der Waals surface area contributed by atoms with Crippen molar-refractivity contribution in [2.45, 2.75) is 26.2 Å². The van der Waals surface area contributed by atoms with Crippen LogP contribution in [-0.2, 0) is 13.5 Å². The minimum atomic E-state index is 0.287. The molecule has 0 radical (unpaired) electrons. The van der Waals surface area contributed by atoms with Crippen molar-refractivity contribution in [3.05, 3.63) is 65.4 Å². The molecule has 3 rings (SSSR count). The molecule has 24 heavy (non-hydrogen) atoms. The lowest BCUT2D eigenvalue weighted by atomic mass is 9.90. The first-order valence-corrected chi connectivity index (χ1v) is 8.61. The normalized spacial score (nSPS) is 12.5. The largest absolute Gasteiger partial charge is 0.494 e. The molecular formula is C21H26N2O. The number of hydrogen-bond acceptors (Lipinski definition) is 2. The van der Waals surface area contributed by atoms with Crippen LogP contribution in [0.2, 0.25) is 0 Å². The Bertz CT molecular complexity index is 835. The van der Waals surface area contributed by atoms with Crippen LogP contribution < -0.4 is 10.5 Å². The summed E-state index contributed by atoms with van der Waals surface area (Å²) in [6.07, 6.45) is 0.944. The average Bonchev–Trinajstić information content (AvgIpc) is 2.85. The lowest BCUT2D eigenvalue weighted by Crippen LogP contribution is -2.15. The summed E-state index contributed by atoms with van der Waals surface area (Å²) in [5.41, 5.74) is 11.4. The van der Waals surface area contributed by atoms with Gasteiger partial charge in [0.2, 0.25) is 0 Å². The van der Waals surface area contributed by atoms with E-state index in [9.17, 15) is 0 Å². The molecule has 0 saturated heterocycles. The van der Waals surface area contributed by atoms with E-state index in [4.69, 9.17) is 10.5 Å². The Labute approximate surface area is 144 Å². The van der Waals surface area contributed by atoms with Gasteiger partial charge < -0.3 is 15.0 Å². The van der Waals surface area contributed by atoms with E-state index in [1.165, 1.54) is 27.7 Å². The van der Waals surface area contributed by atoms with Crippen LogP contribution in [0.3, 0.4) is 0 Å². The molecule has 0 spiro atoms. The van der Waals surface area contributed by atoms with E-state index in [1.807, 2.05) is 13.0 Å². The molecule has 0 amide bonds. The van der Waals surface area contributed by atoms with Crippen molar-refractivity contribution in [3.63, 3.8) is 0 Å². The van der Waals surface area contributed by atoms with Gasteiger partial charge in [-0.15, -0.1) is 0 Å². The summed E-state index contributed by atoms with van der Waals surface area (Å²) in [4.78, 5) is 0. The van der Waals surface area contributed by atoms with Crippen LogP contribution in [0.4, 0.5) is 0 Å². The highest BCUT2D eigenvalue weighted by Gasteiger charge is 2.17. The standard InChI is InChI=1S/C21H26N2O/c1-4-24-18-9-7-8-16(12-18)17(14-22)13-20-15(2)23(3)21-11-6-5-10-19(20)21/h5-12,17H,4,13-14,22H2,1-3H3. The summed E-state index contributed by atoms with van der Waals surface area (Å²) in [5, 5.41) is 1.33. The molecule has 1 atom stereocenters. The molecule has 2 N–H and O–H groups in total. The van der Waals surface area contributed by atoms with E-state index < -0.39 is 0 Å². The zero-order valence-electron chi connectivity index (χ0n) is 14.8. The maximum absolute atomic E-state index is 6.13. The number of nitrogens with zero attached hydrogens (tertiary/aromatic N) is 1. The monoisotopic (exact) mass is 322 g/mol. The lowest BCUT2D eigenvalue weighted by molar-refractivity contribution is 0.339. The highest BCUT2D eigenvalue weighted by atomic mass is 16.5. The summed E-state index contributed by atoms with van der Waals surface area (Å²) >= 11 is 0. The van der Waals surface area contributed by atoms with E-state index in [0.717, 1.165) is 12.2 Å². The average molecular weight is 322 g/mol. The second-order valence-electron chi connectivity index (χ2n) is 6.28. The van der Waals surface area contributed by atoms with Gasteiger partial charge in [0.25, 0.3) is 0 Å². The van der Waals surface area contributed by atoms with Gasteiger partial charge in [-0.25, -0.2) is 0 Å². The first-order valence-electron chi connectivity index (χ1n) is 8.61. The van der Waals surface area contributed by atoms with Gasteiger partial charge in [-0.3, -0.25) is 0 Å². The van der Waals surface area contributed by atoms with Crippen LogP contribution >= 0.6 is 0 Å². The molecule has 3 heteroatoms. The van der Waals surface area contributed by atoms with Crippen LogP contribution in [0, 0.1) is 6.92 Å². The van der Waals surface area contributed by atoms with Gasteiger partial charge in [-0.05, 0) is 56.1 Å². The molecule has 0 bridgehead atoms. The molecule has 3 aromatic rings. The molecule has 2 aromatic carbocycles. The predicted molar refractivity (Wildman–Crippen MR) is 101 cm³/mol. The van der Waals surface area contributed by atoms with Crippen LogP contribution in [0.1, 0.15) is 29.7 Å². The van der Waals surface area contributed by atoms with E-state index in [-0.39, 0.29) is 5.92 Å². The fourth-order valence-electron chi connectivity index (χ4n) is 3.47. The van der Waals surface area contributed by atoms with Gasteiger partial charge in [0.15, 0.2) is 0 Å². The zero-order chi connectivity index (χ0) is 17.1. The highest BCUT2D eigenvalue weighted by molar-refractivity contribution is 5.85. The number of benzene rings is 2. The number of aromatic nitrogens is 1. The van der Waals surface area contributed by atoms with Crippen molar-refractivity contribution >= 4 is 10.9 Å². The number of rotatable bonds is 6. The van der Waals surface area contributed by atoms with E-state index in [1.54, 1.807) is 0 Å². The lowest BCUT2D eigenvalue weighted by Gasteiger charge is -2.17. The highest BCUT2D eigenvalue weighted by Crippen LogP contribution is 2.31. The number of hydrogen-bond donors (Lipinski definition) is 1. The molecule has 0 fully saturated rings. The van der Waals surface area contributed by atoms with Gasteiger partial charge in [0, 0.05) is 29.6 Å². The third kappa shape index (κ3) is 3.04. The Morgan fingerprint density at radius 2 is 1.92 bits per heavy atom. The van der Waals surface area contributed by atoms with Gasteiger partial charge in [0.05, 0.1) is 6.61 Å². The van der Waals surface area contributed by atoms with Gasteiger partial charge >= 0.3 is 0 Å². The smallest absolute Gasteiger partial charge is 0.119 e. The Hall–Kier alpha value is -2.26. The van der Waals surface area contributed by atoms with Gasteiger partial charge in [0.1, 0.15) is 5.75 Å². The van der Waals surface area contributed by atoms with Crippen molar-refractivity contribution in [1.82, 2.24) is 4.57 Å². The Morgan fingerprint density at radius 1 is 1.12 bits per heavy atom. The Balaban J connectivity index is 1.97. The summed E-state index contributed by atoms with van der Waals surface area (Å²) in [6, 6.07) is 16.9. The fraction of sp³-hybridized carbons (Fsp3) is 0.333. The first-order chi connectivity index (χ1) is 11.7. The number of ether oxygens (including phenoxy) is 1. The number of aryl methyl sites for hydroxylation is 1. The molecule has 0 aliphatic heterocycles. The zero-order valence-corrected chi connectivity index (χ0v) is 14.8. The minimum Gasteiger partial charge on any atom is -0.494 e. The SMILES string of the molecule is CCOc1cccc(C(CN)Cc2c(C)n(C)c3ccccc23)c1. The first kappa shape index (κ1) is 16.6. The Kier molecular flexibility index (Phi) is 4.91. The Morgan fingerprint density at radius 3 is 2.67 bits per heavy atom. The molecule has 0 aliphatic carbocycles.